The first-order valence-corrected chi connectivity index (χ1v) is 4.24. The van der Waals surface area contributed by atoms with E-state index in [1.54, 1.807) is 17.9 Å². The number of nitrogens with zero attached hydrogens (tertiary/aromatic N) is 2. The topological polar surface area (TPSA) is 44.1 Å². The van der Waals surface area contributed by atoms with Crippen LogP contribution in [0.2, 0.25) is 0 Å². The van der Waals surface area contributed by atoms with Crippen molar-refractivity contribution >= 4 is 22.2 Å². The second-order valence-corrected chi connectivity index (χ2v) is 3.04. The van der Waals surface area contributed by atoms with Crippen molar-refractivity contribution in [1.82, 2.24) is 9.78 Å². The van der Waals surface area contributed by atoms with Crippen LogP contribution in [-0.4, -0.2) is 29.8 Å². The normalized spacial score (nSPS) is 10.2. The standard InChI is InChI=1S/C7H9BrN2O2/c1-12-3-2-10-6(5-11)4-7(8)9-10/h4-5H,2-3H2,1H3. The summed E-state index contributed by atoms with van der Waals surface area (Å²) in [4.78, 5) is 10.5. The van der Waals surface area contributed by atoms with Crippen molar-refractivity contribution in [2.75, 3.05) is 13.7 Å². The fourth-order valence-corrected chi connectivity index (χ4v) is 1.28. The maximum atomic E-state index is 10.5. The lowest BCUT2D eigenvalue weighted by Crippen LogP contribution is -2.08. The lowest BCUT2D eigenvalue weighted by atomic mass is 10.5. The van der Waals surface area contributed by atoms with E-state index in [1.165, 1.54) is 0 Å². The van der Waals surface area contributed by atoms with Gasteiger partial charge in [0.25, 0.3) is 0 Å². The minimum Gasteiger partial charge on any atom is -0.383 e. The lowest BCUT2D eigenvalue weighted by Gasteiger charge is -2.00. The van der Waals surface area contributed by atoms with Crippen LogP contribution in [0.15, 0.2) is 10.7 Å². The minimum atomic E-state index is 0.551. The van der Waals surface area contributed by atoms with Gasteiger partial charge in [0.05, 0.1) is 13.2 Å². The van der Waals surface area contributed by atoms with Gasteiger partial charge in [-0.2, -0.15) is 5.10 Å². The van der Waals surface area contributed by atoms with E-state index >= 15 is 0 Å². The predicted molar refractivity (Wildman–Crippen MR) is 47.2 cm³/mol. The van der Waals surface area contributed by atoms with E-state index in [1.807, 2.05) is 0 Å². The molecule has 0 N–H and O–H groups in total. The Morgan fingerprint density at radius 2 is 2.58 bits per heavy atom. The average molecular weight is 233 g/mol. The van der Waals surface area contributed by atoms with Crippen LogP contribution in [0.3, 0.4) is 0 Å². The molecule has 0 radical (unpaired) electrons. The fraction of sp³-hybridized carbons (Fsp3) is 0.429. The number of hydrogen-bond acceptors (Lipinski definition) is 3. The predicted octanol–water partition coefficient (Wildman–Crippen LogP) is 1.10. The lowest BCUT2D eigenvalue weighted by molar-refractivity contribution is 0.111. The van der Waals surface area contributed by atoms with E-state index in [0.717, 1.165) is 6.29 Å². The van der Waals surface area contributed by atoms with Crippen molar-refractivity contribution in [3.8, 4) is 0 Å². The summed E-state index contributed by atoms with van der Waals surface area (Å²) in [7, 11) is 1.61. The first kappa shape index (κ1) is 9.41. The highest BCUT2D eigenvalue weighted by Gasteiger charge is 2.03. The van der Waals surface area contributed by atoms with Gasteiger partial charge in [-0.3, -0.25) is 9.48 Å². The van der Waals surface area contributed by atoms with E-state index in [0.29, 0.717) is 23.4 Å². The molecular formula is C7H9BrN2O2. The van der Waals surface area contributed by atoms with E-state index in [9.17, 15) is 4.79 Å². The molecule has 0 atom stereocenters. The second kappa shape index (κ2) is 4.37. The summed E-state index contributed by atoms with van der Waals surface area (Å²) in [6.45, 7) is 1.14. The molecule has 1 aromatic heterocycles. The zero-order valence-electron chi connectivity index (χ0n) is 6.66. The number of hydrogen-bond donors (Lipinski definition) is 0. The highest BCUT2D eigenvalue weighted by molar-refractivity contribution is 9.10. The number of aromatic nitrogens is 2. The van der Waals surface area contributed by atoms with E-state index in [4.69, 9.17) is 4.74 Å². The Morgan fingerprint density at radius 3 is 3.17 bits per heavy atom. The summed E-state index contributed by atoms with van der Waals surface area (Å²) in [5.74, 6) is 0. The summed E-state index contributed by atoms with van der Waals surface area (Å²) in [6.07, 6.45) is 0.771. The third-order valence-corrected chi connectivity index (χ3v) is 1.80. The number of aldehydes is 1. The highest BCUT2D eigenvalue weighted by Crippen LogP contribution is 2.08. The first-order chi connectivity index (χ1) is 5.77. The molecule has 0 aliphatic heterocycles. The molecule has 4 nitrogen and oxygen atoms in total. The SMILES string of the molecule is COCCn1nc(Br)cc1C=O. The average Bonchev–Trinajstić information content (AvgIpc) is 2.42. The quantitative estimate of drug-likeness (QED) is 0.731. The summed E-state index contributed by atoms with van der Waals surface area (Å²) >= 11 is 3.18. The van der Waals surface area contributed by atoms with Crippen LogP contribution in [0, 0.1) is 0 Å². The Bertz CT molecular complexity index is 272. The Labute approximate surface area is 78.6 Å². The van der Waals surface area contributed by atoms with Crippen LogP contribution in [-0.2, 0) is 11.3 Å². The molecule has 0 spiro atoms. The van der Waals surface area contributed by atoms with Crippen LogP contribution < -0.4 is 0 Å². The van der Waals surface area contributed by atoms with E-state index in [-0.39, 0.29) is 0 Å². The van der Waals surface area contributed by atoms with Gasteiger partial charge in [-0.05, 0) is 15.9 Å². The molecule has 0 aliphatic carbocycles. The molecule has 1 heterocycles. The molecule has 0 aliphatic rings. The van der Waals surface area contributed by atoms with Crippen molar-refractivity contribution in [2.45, 2.75) is 6.54 Å². The van der Waals surface area contributed by atoms with Crippen LogP contribution in [0.25, 0.3) is 0 Å². The van der Waals surface area contributed by atoms with Gasteiger partial charge < -0.3 is 4.74 Å². The fourth-order valence-electron chi connectivity index (χ4n) is 0.850. The Kier molecular flexibility index (Phi) is 3.43. The van der Waals surface area contributed by atoms with Gasteiger partial charge >= 0.3 is 0 Å². The highest BCUT2D eigenvalue weighted by atomic mass is 79.9. The molecule has 12 heavy (non-hydrogen) atoms. The summed E-state index contributed by atoms with van der Waals surface area (Å²) < 4.78 is 7.13. The van der Waals surface area contributed by atoms with Crippen LogP contribution in [0.4, 0.5) is 0 Å². The van der Waals surface area contributed by atoms with E-state index < -0.39 is 0 Å². The van der Waals surface area contributed by atoms with Crippen LogP contribution >= 0.6 is 15.9 Å². The number of ether oxygens (including phenoxy) is 1. The molecule has 0 unspecified atom stereocenters. The zero-order chi connectivity index (χ0) is 8.97. The summed E-state index contributed by atoms with van der Waals surface area (Å²) in [6, 6.07) is 1.67. The Balaban J connectivity index is 2.74. The molecule has 66 valence electrons. The zero-order valence-corrected chi connectivity index (χ0v) is 8.24. The number of carbonyl (C=O) groups is 1. The number of carbonyl (C=O) groups excluding carboxylic acids is 1. The van der Waals surface area contributed by atoms with E-state index in [2.05, 4.69) is 21.0 Å². The third-order valence-electron chi connectivity index (χ3n) is 1.41. The minimum absolute atomic E-state index is 0.551. The molecule has 5 heteroatoms. The van der Waals surface area contributed by atoms with Crippen molar-refractivity contribution in [1.29, 1.82) is 0 Å². The van der Waals surface area contributed by atoms with Gasteiger partial charge in [0.15, 0.2) is 6.29 Å². The Morgan fingerprint density at radius 1 is 1.83 bits per heavy atom. The maximum absolute atomic E-state index is 10.5. The molecule has 0 aromatic carbocycles. The number of methoxy groups -OCH3 is 1. The maximum Gasteiger partial charge on any atom is 0.168 e. The van der Waals surface area contributed by atoms with Crippen LogP contribution in [0.5, 0.6) is 0 Å². The van der Waals surface area contributed by atoms with Gasteiger partial charge in [-0.1, -0.05) is 0 Å². The molecule has 0 amide bonds. The Hall–Kier alpha value is -0.680. The van der Waals surface area contributed by atoms with Crippen molar-refractivity contribution in [3.63, 3.8) is 0 Å². The molecule has 1 rings (SSSR count). The van der Waals surface area contributed by atoms with Crippen LogP contribution in [0.1, 0.15) is 10.5 Å². The first-order valence-electron chi connectivity index (χ1n) is 3.45. The van der Waals surface area contributed by atoms with Gasteiger partial charge in [0, 0.05) is 13.2 Å². The smallest absolute Gasteiger partial charge is 0.168 e. The summed E-state index contributed by atoms with van der Waals surface area (Å²) in [5, 5.41) is 4.04. The van der Waals surface area contributed by atoms with Gasteiger partial charge in [-0.25, -0.2) is 0 Å². The molecular weight excluding hydrogens is 224 g/mol. The molecule has 0 saturated carbocycles. The number of rotatable bonds is 4. The largest absolute Gasteiger partial charge is 0.383 e. The van der Waals surface area contributed by atoms with Crippen molar-refractivity contribution in [2.24, 2.45) is 0 Å². The molecule has 1 aromatic rings. The van der Waals surface area contributed by atoms with Crippen molar-refractivity contribution in [3.05, 3.63) is 16.4 Å². The van der Waals surface area contributed by atoms with Gasteiger partial charge in [0.2, 0.25) is 0 Å². The summed E-state index contributed by atoms with van der Waals surface area (Å²) in [5.41, 5.74) is 0.555. The monoisotopic (exact) mass is 232 g/mol. The molecule has 0 bridgehead atoms. The third kappa shape index (κ3) is 2.15. The van der Waals surface area contributed by atoms with Gasteiger partial charge in [-0.15, -0.1) is 0 Å². The molecule has 0 fully saturated rings. The van der Waals surface area contributed by atoms with Crippen molar-refractivity contribution < 1.29 is 9.53 Å². The molecule has 0 saturated heterocycles. The number of halogens is 1. The van der Waals surface area contributed by atoms with Gasteiger partial charge in [0.1, 0.15) is 10.3 Å². The second-order valence-electron chi connectivity index (χ2n) is 2.23.